The molecule has 1 aromatic heterocycles. The maximum Gasteiger partial charge on any atom is 0.244 e. The van der Waals surface area contributed by atoms with Crippen molar-refractivity contribution in [1.82, 2.24) is 9.46 Å². The molecule has 0 aliphatic carbocycles. The van der Waals surface area contributed by atoms with Gasteiger partial charge in [0.15, 0.2) is 5.76 Å². The molecule has 1 saturated heterocycles. The summed E-state index contributed by atoms with van der Waals surface area (Å²) in [6.45, 7) is 3.02. The van der Waals surface area contributed by atoms with Crippen LogP contribution in [0.5, 0.6) is 0 Å². The van der Waals surface area contributed by atoms with Crippen LogP contribution in [0.1, 0.15) is 5.69 Å². The minimum absolute atomic E-state index is 0.170. The molecule has 0 saturated carbocycles. The summed E-state index contributed by atoms with van der Waals surface area (Å²) in [4.78, 5) is 1.45. The third kappa shape index (κ3) is 3.98. The SMILES string of the molecule is O=S(=O)(c1ccccc1Cl)N1CC[NH+](Cc2cc(-c3ccccc3)on2)CC1. The zero-order valence-corrected chi connectivity index (χ0v) is 16.8. The molecular weight excluding hydrogens is 398 g/mol. The van der Waals surface area contributed by atoms with Crippen molar-refractivity contribution in [2.24, 2.45) is 0 Å². The van der Waals surface area contributed by atoms with Crippen molar-refractivity contribution in [3.8, 4) is 11.3 Å². The second kappa shape index (κ2) is 8.05. The van der Waals surface area contributed by atoms with E-state index in [4.69, 9.17) is 16.1 Å². The molecule has 0 radical (unpaired) electrons. The highest BCUT2D eigenvalue weighted by molar-refractivity contribution is 7.89. The lowest BCUT2D eigenvalue weighted by molar-refractivity contribution is -0.917. The normalized spacial score (nSPS) is 16.3. The molecule has 8 heteroatoms. The minimum atomic E-state index is -3.57. The number of nitrogens with one attached hydrogen (secondary N) is 1. The van der Waals surface area contributed by atoms with Crippen LogP contribution in [0.3, 0.4) is 0 Å². The van der Waals surface area contributed by atoms with Gasteiger partial charge in [-0.1, -0.05) is 59.2 Å². The first-order chi connectivity index (χ1) is 13.5. The molecule has 0 atom stereocenters. The number of sulfonamides is 1. The van der Waals surface area contributed by atoms with Crippen molar-refractivity contribution < 1.29 is 17.8 Å². The zero-order valence-electron chi connectivity index (χ0n) is 15.2. The molecule has 4 rings (SSSR count). The summed E-state index contributed by atoms with van der Waals surface area (Å²) in [5.74, 6) is 0.745. The molecule has 0 unspecified atom stereocenters. The Morgan fingerprint density at radius 3 is 2.43 bits per heavy atom. The van der Waals surface area contributed by atoms with Gasteiger partial charge >= 0.3 is 0 Å². The number of piperazine rings is 1. The standard InChI is InChI=1S/C20H20ClN3O3S/c21-18-8-4-5-9-20(18)28(25,26)24-12-10-23(11-13-24)15-17-14-19(27-22-17)16-6-2-1-3-7-16/h1-9,14H,10-13,15H2/p+1. The highest BCUT2D eigenvalue weighted by Crippen LogP contribution is 2.24. The van der Waals surface area contributed by atoms with E-state index >= 15 is 0 Å². The van der Waals surface area contributed by atoms with E-state index in [2.05, 4.69) is 5.16 Å². The van der Waals surface area contributed by atoms with Gasteiger partial charge in [-0.15, -0.1) is 0 Å². The highest BCUT2D eigenvalue weighted by atomic mass is 35.5. The molecule has 6 nitrogen and oxygen atoms in total. The number of rotatable bonds is 5. The Bertz CT molecular complexity index is 1050. The molecule has 1 aliphatic heterocycles. The predicted octanol–water partition coefficient (Wildman–Crippen LogP) is 2.08. The Morgan fingerprint density at radius 1 is 1.04 bits per heavy atom. The summed E-state index contributed by atoms with van der Waals surface area (Å²) in [5, 5.41) is 4.43. The van der Waals surface area contributed by atoms with Crippen LogP contribution in [0.2, 0.25) is 5.02 Å². The molecule has 3 aromatic rings. The Hall–Kier alpha value is -2.19. The van der Waals surface area contributed by atoms with Gasteiger partial charge in [0.1, 0.15) is 17.1 Å². The fraction of sp³-hybridized carbons (Fsp3) is 0.250. The monoisotopic (exact) mass is 418 g/mol. The van der Waals surface area contributed by atoms with E-state index in [1.807, 2.05) is 36.4 Å². The van der Waals surface area contributed by atoms with E-state index in [0.29, 0.717) is 32.7 Å². The number of quaternary nitrogens is 1. The van der Waals surface area contributed by atoms with E-state index < -0.39 is 10.0 Å². The molecular formula is C20H21ClN3O3S+. The number of aromatic nitrogens is 1. The van der Waals surface area contributed by atoms with E-state index in [-0.39, 0.29) is 9.92 Å². The first kappa shape index (κ1) is 19.1. The molecule has 28 heavy (non-hydrogen) atoms. The van der Waals surface area contributed by atoms with Crippen molar-refractivity contribution in [2.75, 3.05) is 26.2 Å². The zero-order chi connectivity index (χ0) is 19.6. The second-order valence-corrected chi connectivity index (χ2v) is 9.12. The maximum atomic E-state index is 12.8. The second-order valence-electron chi connectivity index (χ2n) is 6.81. The van der Waals surface area contributed by atoms with Crippen LogP contribution in [-0.4, -0.2) is 44.1 Å². The summed E-state index contributed by atoms with van der Waals surface area (Å²) < 4.78 is 32.6. The average molecular weight is 419 g/mol. The molecule has 146 valence electrons. The van der Waals surface area contributed by atoms with Crippen LogP contribution in [0.4, 0.5) is 0 Å². The smallest absolute Gasteiger partial charge is 0.244 e. The fourth-order valence-corrected chi connectivity index (χ4v) is 5.34. The summed E-state index contributed by atoms with van der Waals surface area (Å²) in [6.07, 6.45) is 0. The quantitative estimate of drug-likeness (QED) is 0.689. The number of nitrogens with zero attached hydrogens (tertiary/aromatic N) is 2. The van der Waals surface area contributed by atoms with E-state index in [1.165, 1.54) is 9.21 Å². The highest BCUT2D eigenvalue weighted by Gasteiger charge is 2.32. The molecule has 2 heterocycles. The van der Waals surface area contributed by atoms with Crippen molar-refractivity contribution in [3.05, 3.63) is 71.4 Å². The molecule has 0 spiro atoms. The molecule has 2 aromatic carbocycles. The van der Waals surface area contributed by atoms with Gasteiger partial charge in [0, 0.05) is 11.6 Å². The predicted molar refractivity (Wildman–Crippen MR) is 107 cm³/mol. The lowest BCUT2D eigenvalue weighted by Gasteiger charge is -2.31. The number of hydrogen-bond donors (Lipinski definition) is 1. The van der Waals surface area contributed by atoms with Gasteiger partial charge in [-0.25, -0.2) is 8.42 Å². The summed E-state index contributed by atoms with van der Waals surface area (Å²) in [5.41, 5.74) is 1.86. The van der Waals surface area contributed by atoms with Crippen LogP contribution in [0.25, 0.3) is 11.3 Å². The van der Waals surface area contributed by atoms with E-state index in [0.717, 1.165) is 17.0 Å². The largest absolute Gasteiger partial charge is 0.356 e. The topological polar surface area (TPSA) is 67.8 Å². The van der Waals surface area contributed by atoms with Crippen molar-refractivity contribution >= 4 is 21.6 Å². The minimum Gasteiger partial charge on any atom is -0.356 e. The lowest BCUT2D eigenvalue weighted by Crippen LogP contribution is -3.13. The first-order valence-electron chi connectivity index (χ1n) is 9.13. The summed E-state index contributed by atoms with van der Waals surface area (Å²) in [6, 6.07) is 18.4. The number of hydrogen-bond acceptors (Lipinski definition) is 4. The van der Waals surface area contributed by atoms with Gasteiger partial charge in [0.05, 0.1) is 31.2 Å². The number of benzene rings is 2. The Balaban J connectivity index is 1.39. The Labute approximate surface area is 169 Å². The van der Waals surface area contributed by atoms with E-state index in [1.54, 1.807) is 24.3 Å². The van der Waals surface area contributed by atoms with Crippen LogP contribution in [0.15, 0.2) is 70.1 Å². The molecule has 1 fully saturated rings. The van der Waals surface area contributed by atoms with Crippen molar-refractivity contribution in [2.45, 2.75) is 11.4 Å². The van der Waals surface area contributed by atoms with E-state index in [9.17, 15) is 8.42 Å². The summed E-state index contributed by atoms with van der Waals surface area (Å²) in [7, 11) is -3.57. The van der Waals surface area contributed by atoms with Gasteiger partial charge in [-0.05, 0) is 12.1 Å². The van der Waals surface area contributed by atoms with Gasteiger partial charge in [-0.2, -0.15) is 4.31 Å². The van der Waals surface area contributed by atoms with Crippen molar-refractivity contribution in [3.63, 3.8) is 0 Å². The molecule has 0 amide bonds. The molecule has 1 aliphatic rings. The molecule has 0 bridgehead atoms. The van der Waals surface area contributed by atoms with Crippen LogP contribution >= 0.6 is 11.6 Å². The average Bonchev–Trinajstić information content (AvgIpc) is 3.18. The Morgan fingerprint density at radius 2 is 1.71 bits per heavy atom. The third-order valence-electron chi connectivity index (χ3n) is 4.93. The third-order valence-corrected chi connectivity index (χ3v) is 7.33. The van der Waals surface area contributed by atoms with Gasteiger partial charge < -0.3 is 9.42 Å². The Kier molecular flexibility index (Phi) is 5.50. The summed E-state index contributed by atoms with van der Waals surface area (Å²) >= 11 is 6.09. The van der Waals surface area contributed by atoms with Crippen LogP contribution in [0, 0.1) is 0 Å². The van der Waals surface area contributed by atoms with Gasteiger partial charge in [0.25, 0.3) is 0 Å². The van der Waals surface area contributed by atoms with Crippen LogP contribution < -0.4 is 4.90 Å². The van der Waals surface area contributed by atoms with Gasteiger partial charge in [0.2, 0.25) is 10.0 Å². The van der Waals surface area contributed by atoms with Crippen molar-refractivity contribution in [1.29, 1.82) is 0 Å². The van der Waals surface area contributed by atoms with Crippen LogP contribution in [-0.2, 0) is 16.6 Å². The molecule has 1 N–H and O–H groups in total. The first-order valence-corrected chi connectivity index (χ1v) is 10.9. The fourth-order valence-electron chi connectivity index (χ4n) is 3.40. The lowest BCUT2D eigenvalue weighted by atomic mass is 10.1. The number of halogens is 1. The maximum absolute atomic E-state index is 12.8. The van der Waals surface area contributed by atoms with Gasteiger partial charge in [-0.3, -0.25) is 0 Å².